The summed E-state index contributed by atoms with van der Waals surface area (Å²) in [5.74, 6) is 5.78. The fraction of sp³-hybridized carbons (Fsp3) is 0.500. The topological polar surface area (TPSA) is 68.8 Å². The second-order valence-electron chi connectivity index (χ2n) is 5.35. The zero-order valence-electron chi connectivity index (χ0n) is 13.3. The molecule has 5 heteroatoms. The van der Waals surface area contributed by atoms with Gasteiger partial charge < -0.3 is 0 Å². The summed E-state index contributed by atoms with van der Waals surface area (Å²) in [6, 6.07) is 6.35. The van der Waals surface area contributed by atoms with Gasteiger partial charge in [-0.25, -0.2) is 0 Å². The minimum Gasteiger partial charge on any atom is -0.271 e. The molecule has 0 aromatic carbocycles. The number of hydrogen-bond acceptors (Lipinski definition) is 4. The molecule has 5 nitrogen and oxygen atoms in total. The predicted molar refractivity (Wildman–Crippen MR) is 84.8 cm³/mol. The maximum atomic E-state index is 5.78. The highest BCUT2D eigenvalue weighted by Gasteiger charge is 2.17. The predicted octanol–water partition coefficient (Wildman–Crippen LogP) is 2.22. The van der Waals surface area contributed by atoms with Gasteiger partial charge in [-0.1, -0.05) is 13.0 Å². The van der Waals surface area contributed by atoms with Gasteiger partial charge in [-0.3, -0.25) is 20.9 Å². The molecule has 1 atom stereocenters. The third kappa shape index (κ3) is 3.49. The first-order valence-corrected chi connectivity index (χ1v) is 7.54. The second-order valence-corrected chi connectivity index (χ2v) is 5.35. The van der Waals surface area contributed by atoms with Crippen LogP contribution in [0, 0.1) is 13.8 Å². The minimum absolute atomic E-state index is 0.0461. The smallest absolute Gasteiger partial charge is 0.0624 e. The average molecular weight is 287 g/mol. The number of nitrogens with one attached hydrogen (secondary N) is 1. The largest absolute Gasteiger partial charge is 0.271 e. The van der Waals surface area contributed by atoms with Gasteiger partial charge in [-0.15, -0.1) is 0 Å². The molecule has 0 spiro atoms. The maximum absolute atomic E-state index is 5.78. The Morgan fingerprint density at radius 2 is 2.05 bits per heavy atom. The summed E-state index contributed by atoms with van der Waals surface area (Å²) in [7, 11) is 0. The summed E-state index contributed by atoms with van der Waals surface area (Å²) in [4.78, 5) is 4.53. The Bertz CT molecular complexity index is 603. The first-order chi connectivity index (χ1) is 10.1. The molecule has 1 unspecified atom stereocenters. The van der Waals surface area contributed by atoms with Crippen LogP contribution in [0.2, 0.25) is 0 Å². The van der Waals surface area contributed by atoms with E-state index in [0.29, 0.717) is 0 Å². The van der Waals surface area contributed by atoms with Crippen LogP contribution in [0.5, 0.6) is 0 Å². The number of nitrogens with two attached hydrogens (primary N) is 1. The monoisotopic (exact) mass is 287 g/mol. The Kier molecular flexibility index (Phi) is 5.09. The van der Waals surface area contributed by atoms with Crippen molar-refractivity contribution in [1.82, 2.24) is 20.2 Å². The summed E-state index contributed by atoms with van der Waals surface area (Å²) in [5, 5.41) is 4.60. The number of hydrazine groups is 1. The van der Waals surface area contributed by atoms with Crippen molar-refractivity contribution >= 4 is 0 Å². The van der Waals surface area contributed by atoms with Gasteiger partial charge in [-0.05, 0) is 44.9 Å². The van der Waals surface area contributed by atoms with Crippen LogP contribution in [0.4, 0.5) is 0 Å². The van der Waals surface area contributed by atoms with Gasteiger partial charge in [0.15, 0.2) is 0 Å². The van der Waals surface area contributed by atoms with Crippen LogP contribution in [-0.4, -0.2) is 14.8 Å². The highest BCUT2D eigenvalue weighted by molar-refractivity contribution is 5.27. The molecule has 0 aliphatic heterocycles. The van der Waals surface area contributed by atoms with Gasteiger partial charge in [-0.2, -0.15) is 5.10 Å². The summed E-state index contributed by atoms with van der Waals surface area (Å²) >= 11 is 0. The molecule has 2 aromatic heterocycles. The number of hydrogen-bond donors (Lipinski definition) is 2. The zero-order valence-corrected chi connectivity index (χ0v) is 13.3. The Morgan fingerprint density at radius 3 is 2.62 bits per heavy atom. The third-order valence-corrected chi connectivity index (χ3v) is 3.83. The number of pyridine rings is 1. The molecule has 21 heavy (non-hydrogen) atoms. The van der Waals surface area contributed by atoms with Crippen LogP contribution in [0.15, 0.2) is 18.2 Å². The normalized spacial score (nSPS) is 12.6. The van der Waals surface area contributed by atoms with E-state index >= 15 is 0 Å². The van der Waals surface area contributed by atoms with E-state index in [4.69, 9.17) is 5.84 Å². The quantitative estimate of drug-likeness (QED) is 0.631. The van der Waals surface area contributed by atoms with Crippen molar-refractivity contribution < 1.29 is 0 Å². The Balaban J connectivity index is 2.28. The minimum atomic E-state index is 0.0461. The lowest BCUT2D eigenvalue weighted by Gasteiger charge is -2.18. The zero-order chi connectivity index (χ0) is 15.4. The fourth-order valence-electron chi connectivity index (χ4n) is 2.66. The van der Waals surface area contributed by atoms with E-state index in [1.807, 2.05) is 19.9 Å². The summed E-state index contributed by atoms with van der Waals surface area (Å²) in [6.07, 6.45) is 1.76. The number of rotatable bonds is 6. The summed E-state index contributed by atoms with van der Waals surface area (Å²) < 4.78 is 2.06. The highest BCUT2D eigenvalue weighted by Crippen LogP contribution is 2.21. The molecule has 2 rings (SSSR count). The molecule has 0 bridgehead atoms. The van der Waals surface area contributed by atoms with E-state index in [-0.39, 0.29) is 6.04 Å². The Morgan fingerprint density at radius 1 is 1.29 bits per heavy atom. The summed E-state index contributed by atoms with van der Waals surface area (Å²) in [5.41, 5.74) is 8.45. The molecule has 0 fully saturated rings. The van der Waals surface area contributed by atoms with Crippen LogP contribution >= 0.6 is 0 Å². The molecule has 0 aliphatic carbocycles. The highest BCUT2D eigenvalue weighted by atomic mass is 15.3. The lowest BCUT2D eigenvalue weighted by Crippen LogP contribution is -2.31. The van der Waals surface area contributed by atoms with Crippen molar-refractivity contribution in [1.29, 1.82) is 0 Å². The van der Waals surface area contributed by atoms with Crippen LogP contribution in [0.1, 0.15) is 48.2 Å². The molecule has 0 radical (unpaired) electrons. The number of nitrogens with zero attached hydrogens (tertiary/aromatic N) is 3. The molecule has 114 valence electrons. The van der Waals surface area contributed by atoms with Crippen molar-refractivity contribution in [3.8, 4) is 0 Å². The molecular weight excluding hydrogens is 262 g/mol. The van der Waals surface area contributed by atoms with Gasteiger partial charge >= 0.3 is 0 Å². The molecule has 2 aromatic rings. The van der Waals surface area contributed by atoms with Gasteiger partial charge in [0.05, 0.1) is 11.7 Å². The van der Waals surface area contributed by atoms with E-state index in [9.17, 15) is 0 Å². The van der Waals surface area contributed by atoms with Gasteiger partial charge in [0.25, 0.3) is 0 Å². The molecule has 0 amide bonds. The number of aryl methyl sites for hydroxylation is 4. The first-order valence-electron chi connectivity index (χ1n) is 7.54. The second kappa shape index (κ2) is 6.83. The lowest BCUT2D eigenvalue weighted by atomic mass is 10.0. The summed E-state index contributed by atoms with van der Waals surface area (Å²) in [6.45, 7) is 9.14. The van der Waals surface area contributed by atoms with Crippen LogP contribution < -0.4 is 11.3 Å². The van der Waals surface area contributed by atoms with Gasteiger partial charge in [0, 0.05) is 30.0 Å². The van der Waals surface area contributed by atoms with Crippen LogP contribution in [0.25, 0.3) is 0 Å². The average Bonchev–Trinajstić information content (AvgIpc) is 2.87. The Labute approximate surface area is 126 Å². The van der Waals surface area contributed by atoms with Gasteiger partial charge in [0.1, 0.15) is 0 Å². The van der Waals surface area contributed by atoms with E-state index in [1.165, 1.54) is 5.69 Å². The Hall–Kier alpha value is -1.72. The molecule has 0 aliphatic rings. The van der Waals surface area contributed by atoms with Crippen molar-refractivity contribution in [2.24, 2.45) is 5.84 Å². The lowest BCUT2D eigenvalue weighted by molar-refractivity contribution is 0.513. The molecule has 2 heterocycles. The van der Waals surface area contributed by atoms with Crippen molar-refractivity contribution in [3.63, 3.8) is 0 Å². The van der Waals surface area contributed by atoms with E-state index in [0.717, 1.165) is 42.0 Å². The van der Waals surface area contributed by atoms with Gasteiger partial charge in [0.2, 0.25) is 0 Å². The number of aromatic nitrogens is 3. The molecule has 0 saturated heterocycles. The van der Waals surface area contributed by atoms with Crippen molar-refractivity contribution in [2.75, 3.05) is 0 Å². The standard InChI is InChI=1S/C16H25N5/c1-5-13-9-14(21(6-2)20-13)10-16(19-17)15-8-7-11(3)18-12(15)4/h7-9,16,19H,5-6,10,17H2,1-4H3. The van der Waals surface area contributed by atoms with E-state index in [1.54, 1.807) is 0 Å². The molecular formula is C16H25N5. The molecule has 3 N–H and O–H groups in total. The van der Waals surface area contributed by atoms with Crippen molar-refractivity contribution in [3.05, 3.63) is 46.5 Å². The maximum Gasteiger partial charge on any atom is 0.0624 e. The van der Waals surface area contributed by atoms with Crippen LogP contribution in [-0.2, 0) is 19.4 Å². The fourth-order valence-corrected chi connectivity index (χ4v) is 2.66. The molecule has 0 saturated carbocycles. The van der Waals surface area contributed by atoms with Crippen LogP contribution in [0.3, 0.4) is 0 Å². The van der Waals surface area contributed by atoms with E-state index in [2.05, 4.69) is 46.2 Å². The van der Waals surface area contributed by atoms with Crippen molar-refractivity contribution in [2.45, 2.75) is 53.1 Å². The first kappa shape index (κ1) is 15.7. The SMILES string of the molecule is CCc1cc(CC(NN)c2ccc(C)nc2C)n(CC)n1. The van der Waals surface area contributed by atoms with E-state index < -0.39 is 0 Å². The third-order valence-electron chi connectivity index (χ3n) is 3.83.